The Bertz CT molecular complexity index is 546. The van der Waals surface area contributed by atoms with Crippen molar-refractivity contribution in [3.05, 3.63) is 36.0 Å². The molecule has 94 valence electrons. The van der Waals surface area contributed by atoms with Gasteiger partial charge in [-0.05, 0) is 48.4 Å². The van der Waals surface area contributed by atoms with E-state index in [0.29, 0.717) is 6.42 Å². The van der Waals surface area contributed by atoms with Crippen molar-refractivity contribution in [1.82, 2.24) is 4.57 Å². The molecule has 0 unspecified atom stereocenters. The molecule has 0 aliphatic rings. The Hall–Kier alpha value is -1.75. The molecule has 0 bridgehead atoms. The van der Waals surface area contributed by atoms with Crippen molar-refractivity contribution in [2.45, 2.75) is 38.5 Å². The third-order valence-corrected chi connectivity index (χ3v) is 3.45. The summed E-state index contributed by atoms with van der Waals surface area (Å²) in [6.45, 7) is 0. The van der Waals surface area contributed by atoms with Crippen LogP contribution < -0.4 is 0 Å². The van der Waals surface area contributed by atoms with E-state index in [1.165, 1.54) is 35.7 Å². The first kappa shape index (κ1) is 12.7. The molecular formula is C16H20N2. The van der Waals surface area contributed by atoms with E-state index in [4.69, 9.17) is 5.26 Å². The van der Waals surface area contributed by atoms with E-state index >= 15 is 0 Å². The summed E-state index contributed by atoms with van der Waals surface area (Å²) in [6, 6.07) is 11.1. The van der Waals surface area contributed by atoms with Crippen LogP contribution in [0.15, 0.2) is 30.5 Å². The normalized spacial score (nSPS) is 10.7. The maximum Gasteiger partial charge on any atom is 0.0621 e. The Labute approximate surface area is 109 Å². The molecule has 0 saturated heterocycles. The maximum absolute atomic E-state index is 8.45. The number of aromatic nitrogens is 1. The van der Waals surface area contributed by atoms with Gasteiger partial charge in [-0.1, -0.05) is 18.9 Å². The largest absolute Gasteiger partial charge is 0.351 e. The van der Waals surface area contributed by atoms with Gasteiger partial charge < -0.3 is 4.57 Å². The summed E-state index contributed by atoms with van der Waals surface area (Å²) in [5, 5.41) is 9.78. The zero-order valence-corrected chi connectivity index (χ0v) is 11.0. The van der Waals surface area contributed by atoms with E-state index in [0.717, 1.165) is 12.8 Å². The molecule has 1 aromatic carbocycles. The first-order chi connectivity index (χ1) is 8.81. The molecule has 18 heavy (non-hydrogen) atoms. The second-order valence-electron chi connectivity index (χ2n) is 4.89. The van der Waals surface area contributed by atoms with Gasteiger partial charge in [0.2, 0.25) is 0 Å². The molecule has 2 nitrogen and oxygen atoms in total. The summed E-state index contributed by atoms with van der Waals surface area (Å²) in [7, 11) is 2.08. The second-order valence-corrected chi connectivity index (χ2v) is 4.89. The lowest BCUT2D eigenvalue weighted by Crippen LogP contribution is -1.88. The highest BCUT2D eigenvalue weighted by Gasteiger charge is 1.99. The van der Waals surface area contributed by atoms with E-state index in [-0.39, 0.29) is 0 Å². The first-order valence-electron chi connectivity index (χ1n) is 6.72. The van der Waals surface area contributed by atoms with Crippen molar-refractivity contribution in [3.63, 3.8) is 0 Å². The van der Waals surface area contributed by atoms with Gasteiger partial charge in [0.15, 0.2) is 0 Å². The minimum atomic E-state index is 0.704. The summed E-state index contributed by atoms with van der Waals surface area (Å²) < 4.78 is 2.15. The van der Waals surface area contributed by atoms with Crippen molar-refractivity contribution < 1.29 is 0 Å². The molecule has 2 heteroatoms. The lowest BCUT2D eigenvalue weighted by molar-refractivity contribution is 0.649. The Morgan fingerprint density at radius 2 is 1.94 bits per heavy atom. The van der Waals surface area contributed by atoms with Crippen molar-refractivity contribution in [2.24, 2.45) is 7.05 Å². The molecule has 0 atom stereocenters. The molecular weight excluding hydrogens is 220 g/mol. The molecule has 0 aliphatic carbocycles. The number of rotatable bonds is 6. The van der Waals surface area contributed by atoms with Crippen molar-refractivity contribution in [2.75, 3.05) is 0 Å². The van der Waals surface area contributed by atoms with E-state index in [2.05, 4.69) is 48.1 Å². The fourth-order valence-corrected chi connectivity index (χ4v) is 2.37. The van der Waals surface area contributed by atoms with Crippen LogP contribution in [0.1, 0.15) is 37.7 Å². The summed E-state index contributed by atoms with van der Waals surface area (Å²) in [5.41, 5.74) is 2.72. The molecule has 2 rings (SSSR count). The molecule has 2 aromatic rings. The van der Waals surface area contributed by atoms with Gasteiger partial charge in [-0.3, -0.25) is 0 Å². The zero-order valence-electron chi connectivity index (χ0n) is 11.0. The van der Waals surface area contributed by atoms with Crippen LogP contribution in [0.4, 0.5) is 0 Å². The number of nitriles is 1. The summed E-state index contributed by atoms with van der Waals surface area (Å²) in [4.78, 5) is 0. The molecule has 1 aromatic heterocycles. The third kappa shape index (κ3) is 3.13. The standard InChI is InChI=1S/C16H20N2/c1-18-12-10-15-13-14(8-9-16(15)18)7-5-3-2-4-6-11-17/h8-10,12-13H,2-7H2,1H3. The van der Waals surface area contributed by atoms with E-state index in [9.17, 15) is 0 Å². The molecule has 0 fully saturated rings. The highest BCUT2D eigenvalue weighted by Crippen LogP contribution is 2.18. The lowest BCUT2D eigenvalue weighted by atomic mass is 10.0. The van der Waals surface area contributed by atoms with Crippen LogP contribution >= 0.6 is 0 Å². The van der Waals surface area contributed by atoms with Gasteiger partial charge >= 0.3 is 0 Å². The zero-order chi connectivity index (χ0) is 12.8. The minimum Gasteiger partial charge on any atom is -0.351 e. The molecule has 0 amide bonds. The van der Waals surface area contributed by atoms with Gasteiger partial charge in [-0.2, -0.15) is 5.26 Å². The Balaban J connectivity index is 1.83. The predicted octanol–water partition coefficient (Wildman–Crippen LogP) is 4.19. The molecule has 0 saturated carbocycles. The summed E-state index contributed by atoms with van der Waals surface area (Å²) >= 11 is 0. The molecule has 1 heterocycles. The van der Waals surface area contributed by atoms with Crippen molar-refractivity contribution >= 4 is 10.9 Å². The number of aryl methyl sites for hydroxylation is 2. The fourth-order valence-electron chi connectivity index (χ4n) is 2.37. The lowest BCUT2D eigenvalue weighted by Gasteiger charge is -2.03. The second kappa shape index (κ2) is 6.26. The average molecular weight is 240 g/mol. The van der Waals surface area contributed by atoms with Crippen LogP contribution in [-0.2, 0) is 13.5 Å². The Morgan fingerprint density at radius 1 is 1.11 bits per heavy atom. The number of hydrogen-bond donors (Lipinski definition) is 0. The van der Waals surface area contributed by atoms with Crippen molar-refractivity contribution in [3.8, 4) is 6.07 Å². The molecule has 0 spiro atoms. The topological polar surface area (TPSA) is 28.7 Å². The van der Waals surface area contributed by atoms with Gasteiger partial charge in [-0.25, -0.2) is 0 Å². The van der Waals surface area contributed by atoms with Gasteiger partial charge in [0.05, 0.1) is 6.07 Å². The number of benzene rings is 1. The quantitative estimate of drug-likeness (QED) is 0.696. The van der Waals surface area contributed by atoms with E-state index in [1.807, 2.05) is 0 Å². The monoisotopic (exact) mass is 240 g/mol. The number of unbranched alkanes of at least 4 members (excludes halogenated alkanes) is 4. The van der Waals surface area contributed by atoms with Crippen LogP contribution in [0.3, 0.4) is 0 Å². The SMILES string of the molecule is Cn1ccc2cc(CCCCCCC#N)ccc21. The van der Waals surface area contributed by atoms with Gasteiger partial charge in [-0.15, -0.1) is 0 Å². The van der Waals surface area contributed by atoms with Crippen LogP contribution in [0.25, 0.3) is 10.9 Å². The van der Waals surface area contributed by atoms with Crippen LogP contribution in [0, 0.1) is 11.3 Å². The maximum atomic E-state index is 8.45. The average Bonchev–Trinajstić information content (AvgIpc) is 2.75. The Morgan fingerprint density at radius 3 is 2.78 bits per heavy atom. The summed E-state index contributed by atoms with van der Waals surface area (Å²) in [6.07, 6.45) is 8.65. The smallest absolute Gasteiger partial charge is 0.0621 e. The van der Waals surface area contributed by atoms with Crippen LogP contribution in [0.2, 0.25) is 0 Å². The van der Waals surface area contributed by atoms with Crippen LogP contribution in [-0.4, -0.2) is 4.57 Å². The fraction of sp³-hybridized carbons (Fsp3) is 0.438. The molecule has 0 aliphatic heterocycles. The van der Waals surface area contributed by atoms with Crippen molar-refractivity contribution in [1.29, 1.82) is 5.26 Å². The number of fused-ring (bicyclic) bond motifs is 1. The van der Waals surface area contributed by atoms with Gasteiger partial charge in [0.1, 0.15) is 0 Å². The van der Waals surface area contributed by atoms with Gasteiger partial charge in [0.25, 0.3) is 0 Å². The third-order valence-electron chi connectivity index (χ3n) is 3.45. The first-order valence-corrected chi connectivity index (χ1v) is 6.72. The van der Waals surface area contributed by atoms with E-state index in [1.54, 1.807) is 0 Å². The highest BCUT2D eigenvalue weighted by molar-refractivity contribution is 5.80. The predicted molar refractivity (Wildman–Crippen MR) is 75.3 cm³/mol. The summed E-state index contributed by atoms with van der Waals surface area (Å²) in [5.74, 6) is 0. The van der Waals surface area contributed by atoms with E-state index < -0.39 is 0 Å². The Kier molecular flexibility index (Phi) is 4.41. The number of hydrogen-bond acceptors (Lipinski definition) is 1. The minimum absolute atomic E-state index is 0.704. The highest BCUT2D eigenvalue weighted by atomic mass is 14.9. The van der Waals surface area contributed by atoms with Crippen LogP contribution in [0.5, 0.6) is 0 Å². The molecule has 0 N–H and O–H groups in total. The van der Waals surface area contributed by atoms with Gasteiger partial charge in [0, 0.05) is 25.2 Å². The molecule has 0 radical (unpaired) electrons. The number of nitrogens with zero attached hydrogens (tertiary/aromatic N) is 2.